The number of rotatable bonds is 6. The third kappa shape index (κ3) is 4.76. The van der Waals surface area contributed by atoms with E-state index < -0.39 is 12.3 Å². The van der Waals surface area contributed by atoms with Gasteiger partial charge in [0.15, 0.2) is 0 Å². The Bertz CT molecular complexity index is 1460. The first kappa shape index (κ1) is 24.9. The van der Waals surface area contributed by atoms with Crippen LogP contribution in [-0.2, 0) is 6.54 Å². The van der Waals surface area contributed by atoms with E-state index in [1.165, 1.54) is 11.8 Å². The van der Waals surface area contributed by atoms with Crippen molar-refractivity contribution in [2.24, 2.45) is 0 Å². The Morgan fingerprint density at radius 2 is 1.84 bits per heavy atom. The minimum absolute atomic E-state index is 0.0131. The average Bonchev–Trinajstić information content (AvgIpc) is 3.54. The van der Waals surface area contributed by atoms with Gasteiger partial charge in [0, 0.05) is 12.2 Å². The van der Waals surface area contributed by atoms with Crippen molar-refractivity contribution in [1.82, 2.24) is 34.5 Å². The number of fused-ring (bicyclic) bond motifs is 1. The summed E-state index contributed by atoms with van der Waals surface area (Å²) < 4.78 is 34.4. The topological polar surface area (TPSA) is 94.0 Å². The number of halogens is 2. The van der Waals surface area contributed by atoms with Crippen LogP contribution in [0.25, 0.3) is 22.5 Å². The van der Waals surface area contributed by atoms with Crippen molar-refractivity contribution in [2.75, 3.05) is 33.2 Å². The lowest BCUT2D eigenvalue weighted by Gasteiger charge is -2.30. The summed E-state index contributed by atoms with van der Waals surface area (Å²) in [6.07, 6.45) is 2.75. The minimum Gasteiger partial charge on any atom is -0.415 e. The molecule has 38 heavy (non-hydrogen) atoms. The molecular weight excluding hydrogens is 492 g/mol. The fourth-order valence-electron chi connectivity index (χ4n) is 5.71. The van der Waals surface area contributed by atoms with Gasteiger partial charge in [-0.1, -0.05) is 6.07 Å². The van der Waals surface area contributed by atoms with Crippen LogP contribution in [0.15, 0.2) is 45.7 Å². The molecule has 2 aliphatic heterocycles. The van der Waals surface area contributed by atoms with E-state index in [-0.39, 0.29) is 17.6 Å². The van der Waals surface area contributed by atoms with Gasteiger partial charge < -0.3 is 14.6 Å². The van der Waals surface area contributed by atoms with E-state index >= 15 is 0 Å². The largest absolute Gasteiger partial charge is 0.415 e. The Morgan fingerprint density at radius 3 is 2.53 bits per heavy atom. The maximum Gasteiger partial charge on any atom is 0.329 e. The lowest BCUT2D eigenvalue weighted by atomic mass is 9.90. The molecule has 0 unspecified atom stereocenters. The second-order valence-corrected chi connectivity index (χ2v) is 10.3. The number of alkyl halides is 2. The normalized spacial score (nSPS) is 18.1. The molecule has 0 bridgehead atoms. The van der Waals surface area contributed by atoms with E-state index in [1.807, 2.05) is 4.57 Å². The molecule has 2 saturated heterocycles. The maximum atomic E-state index is 13.9. The van der Waals surface area contributed by atoms with Crippen molar-refractivity contribution in [2.45, 2.75) is 50.6 Å². The van der Waals surface area contributed by atoms with Crippen LogP contribution in [0.3, 0.4) is 0 Å². The molecule has 0 radical (unpaired) electrons. The van der Waals surface area contributed by atoms with E-state index in [1.54, 1.807) is 16.7 Å². The second-order valence-electron chi connectivity index (χ2n) is 10.3. The van der Waals surface area contributed by atoms with Crippen molar-refractivity contribution < 1.29 is 13.2 Å². The van der Waals surface area contributed by atoms with Gasteiger partial charge in [0.1, 0.15) is 0 Å². The van der Waals surface area contributed by atoms with E-state index in [0.29, 0.717) is 23.7 Å². The predicted molar refractivity (Wildman–Crippen MR) is 138 cm³/mol. The van der Waals surface area contributed by atoms with Crippen molar-refractivity contribution in [3.63, 3.8) is 0 Å². The summed E-state index contributed by atoms with van der Waals surface area (Å²) in [5.41, 5.74) is 4.28. The highest BCUT2D eigenvalue weighted by molar-refractivity contribution is 5.77. The Morgan fingerprint density at radius 1 is 1.05 bits per heavy atom. The zero-order chi connectivity index (χ0) is 26.2. The molecule has 5 heterocycles. The lowest BCUT2D eigenvalue weighted by Crippen LogP contribution is -2.36. The Balaban J connectivity index is 1.35. The van der Waals surface area contributed by atoms with Gasteiger partial charge >= 0.3 is 12.1 Å². The number of benzene rings is 1. The third-order valence-electron chi connectivity index (χ3n) is 7.87. The lowest BCUT2D eigenvalue weighted by molar-refractivity contribution is 0.116. The zero-order valence-corrected chi connectivity index (χ0v) is 21.3. The first-order chi connectivity index (χ1) is 18.5. The van der Waals surface area contributed by atoms with Crippen LogP contribution in [0.1, 0.15) is 61.2 Å². The monoisotopic (exact) mass is 523 g/mol. The number of piperidine rings is 2. The SMILES string of the molecule is CN1CCC(n2c(=O)n(Cc3ccc(-c4nnc(C(F)F)o4)cn3)c3ccc(C4CCNCC4)cc32)CC1. The highest BCUT2D eigenvalue weighted by atomic mass is 19.3. The Hall–Kier alpha value is -3.44. The number of hydrogen-bond donors (Lipinski definition) is 1. The van der Waals surface area contributed by atoms with Crippen LogP contribution >= 0.6 is 0 Å². The van der Waals surface area contributed by atoms with Gasteiger partial charge in [-0.15, -0.1) is 10.2 Å². The Kier molecular flexibility index (Phi) is 6.79. The Labute approximate surface area is 218 Å². The van der Waals surface area contributed by atoms with Crippen LogP contribution in [0.2, 0.25) is 0 Å². The molecule has 4 aromatic rings. The fraction of sp³-hybridized carbons (Fsp3) is 0.481. The number of hydrogen-bond acceptors (Lipinski definition) is 7. The smallest absolute Gasteiger partial charge is 0.329 e. The average molecular weight is 524 g/mol. The van der Waals surface area contributed by atoms with Crippen molar-refractivity contribution in [3.8, 4) is 11.5 Å². The fourth-order valence-corrected chi connectivity index (χ4v) is 5.71. The first-order valence-electron chi connectivity index (χ1n) is 13.2. The zero-order valence-electron chi connectivity index (χ0n) is 21.3. The van der Waals surface area contributed by atoms with E-state index in [2.05, 4.69) is 50.6 Å². The van der Waals surface area contributed by atoms with Crippen LogP contribution in [-0.4, -0.2) is 62.4 Å². The molecule has 2 aliphatic rings. The van der Waals surface area contributed by atoms with Gasteiger partial charge in [0.25, 0.3) is 5.89 Å². The van der Waals surface area contributed by atoms with Crippen molar-refractivity contribution >= 4 is 11.0 Å². The molecule has 0 amide bonds. The van der Waals surface area contributed by atoms with Crippen molar-refractivity contribution in [3.05, 3.63) is 64.2 Å². The molecule has 0 spiro atoms. The van der Waals surface area contributed by atoms with Gasteiger partial charge in [-0.25, -0.2) is 4.79 Å². The first-order valence-corrected chi connectivity index (χ1v) is 13.2. The summed E-state index contributed by atoms with van der Waals surface area (Å²) in [6, 6.07) is 10.1. The van der Waals surface area contributed by atoms with Crippen LogP contribution in [0.5, 0.6) is 0 Å². The molecule has 0 aliphatic carbocycles. The molecule has 0 atom stereocenters. The molecule has 0 saturated carbocycles. The quantitative estimate of drug-likeness (QED) is 0.409. The highest BCUT2D eigenvalue weighted by Crippen LogP contribution is 2.31. The maximum absolute atomic E-state index is 13.9. The third-order valence-corrected chi connectivity index (χ3v) is 7.87. The molecule has 1 N–H and O–H groups in total. The number of aromatic nitrogens is 5. The molecule has 6 rings (SSSR count). The second kappa shape index (κ2) is 10.4. The van der Waals surface area contributed by atoms with E-state index in [9.17, 15) is 13.6 Å². The van der Waals surface area contributed by atoms with Gasteiger partial charge in [-0.2, -0.15) is 8.78 Å². The van der Waals surface area contributed by atoms with Crippen LogP contribution < -0.4 is 11.0 Å². The van der Waals surface area contributed by atoms with Gasteiger partial charge in [0.2, 0.25) is 5.89 Å². The molecule has 200 valence electrons. The molecule has 1 aromatic carbocycles. The molecule has 2 fully saturated rings. The highest BCUT2D eigenvalue weighted by Gasteiger charge is 2.26. The van der Waals surface area contributed by atoms with E-state index in [4.69, 9.17) is 4.42 Å². The number of nitrogens with one attached hydrogen (secondary N) is 1. The number of likely N-dealkylation sites (tertiary alicyclic amines) is 1. The summed E-state index contributed by atoms with van der Waals surface area (Å²) in [5.74, 6) is -0.239. The number of nitrogens with zero attached hydrogens (tertiary/aromatic N) is 6. The summed E-state index contributed by atoms with van der Waals surface area (Å²) in [5, 5.41) is 10.5. The number of imidazole rings is 1. The molecule has 3 aromatic heterocycles. The van der Waals surface area contributed by atoms with E-state index in [0.717, 1.165) is 62.9 Å². The van der Waals surface area contributed by atoms with Gasteiger partial charge in [-0.3, -0.25) is 14.1 Å². The predicted octanol–water partition coefficient (Wildman–Crippen LogP) is 3.97. The van der Waals surface area contributed by atoms with Crippen molar-refractivity contribution in [1.29, 1.82) is 0 Å². The van der Waals surface area contributed by atoms with Gasteiger partial charge in [-0.05, 0) is 94.7 Å². The molecular formula is C27H31F2N7O2. The van der Waals surface area contributed by atoms with Crippen LogP contribution in [0, 0.1) is 0 Å². The summed E-state index contributed by atoms with van der Waals surface area (Å²) in [4.78, 5) is 20.7. The van der Waals surface area contributed by atoms with Crippen LogP contribution in [0.4, 0.5) is 8.78 Å². The summed E-state index contributed by atoms with van der Waals surface area (Å²) in [7, 11) is 2.12. The van der Waals surface area contributed by atoms with Gasteiger partial charge in [0.05, 0.1) is 28.8 Å². The summed E-state index contributed by atoms with van der Waals surface area (Å²) in [6.45, 7) is 4.25. The standard InChI is InChI=1S/C27H31F2N7O2/c1-34-12-8-21(9-13-34)36-23-14-18(17-6-10-30-11-7-17)3-5-22(23)35(27(36)37)16-20-4-2-19(15-31-20)25-32-33-26(38-25)24(28)29/h2-5,14-15,17,21,24,30H,6-13,16H2,1H3. The molecule has 9 nitrogen and oxygen atoms in total. The number of pyridine rings is 1. The minimum atomic E-state index is -2.83. The molecule has 11 heteroatoms. The summed E-state index contributed by atoms with van der Waals surface area (Å²) >= 11 is 0.